The number of hydrogen-bond acceptors (Lipinski definition) is 7. The Hall–Kier alpha value is -2.72. The van der Waals surface area contributed by atoms with Crippen LogP contribution in [0.15, 0.2) is 30.6 Å². The second-order valence-corrected chi connectivity index (χ2v) is 7.98. The molecular formula is C20H21F2N5O2S. The van der Waals surface area contributed by atoms with Crippen molar-refractivity contribution < 1.29 is 18.7 Å². The molecule has 0 radical (unpaired) electrons. The Morgan fingerprint density at radius 1 is 1.30 bits per heavy atom. The van der Waals surface area contributed by atoms with E-state index in [1.54, 1.807) is 24.5 Å². The molecule has 3 aromatic heterocycles. The lowest BCUT2D eigenvalue weighted by atomic mass is 10.1. The van der Waals surface area contributed by atoms with E-state index in [0.29, 0.717) is 21.6 Å². The summed E-state index contributed by atoms with van der Waals surface area (Å²) in [5, 5.41) is 10.0. The molecule has 1 fully saturated rings. The molecule has 1 amide bonds. The van der Waals surface area contributed by atoms with Gasteiger partial charge in [0.25, 0.3) is 12.3 Å². The second-order valence-electron chi connectivity index (χ2n) is 7.01. The first kappa shape index (κ1) is 20.5. The number of rotatable bonds is 7. The number of carbonyl (C=O) groups excluding carboxylic acids is 1. The Morgan fingerprint density at radius 2 is 2.10 bits per heavy atom. The molecule has 30 heavy (non-hydrogen) atoms. The van der Waals surface area contributed by atoms with Crippen LogP contribution in [0.1, 0.15) is 23.2 Å². The van der Waals surface area contributed by atoms with Gasteiger partial charge in [-0.2, -0.15) is 4.98 Å². The molecule has 0 atom stereocenters. The van der Waals surface area contributed by atoms with Crippen molar-refractivity contribution in [3.8, 4) is 11.3 Å². The molecule has 4 heterocycles. The van der Waals surface area contributed by atoms with Crippen molar-refractivity contribution in [2.75, 3.05) is 37.7 Å². The van der Waals surface area contributed by atoms with Gasteiger partial charge in [0.1, 0.15) is 0 Å². The average molecular weight is 433 g/mol. The van der Waals surface area contributed by atoms with Gasteiger partial charge in [0.15, 0.2) is 10.8 Å². The normalized spacial score (nSPS) is 14.1. The van der Waals surface area contributed by atoms with Crippen LogP contribution in [0.5, 0.6) is 0 Å². The fraction of sp³-hybridized carbons (Fsp3) is 0.400. The summed E-state index contributed by atoms with van der Waals surface area (Å²) in [6.45, 7) is 0.460. The van der Waals surface area contributed by atoms with Crippen LogP contribution in [-0.2, 0) is 0 Å². The van der Waals surface area contributed by atoms with E-state index < -0.39 is 25.5 Å². The van der Waals surface area contributed by atoms with Gasteiger partial charge in [0.2, 0.25) is 0 Å². The third kappa shape index (κ3) is 4.24. The topological polar surface area (TPSA) is 82.5 Å². The highest BCUT2D eigenvalue weighted by Crippen LogP contribution is 2.35. The number of thiazole rings is 1. The standard InChI is InChI=1S/C20H21F2N5O2S/c21-16(22)12-27(8-9-28)19(29)14-10-15(13-4-3-5-23-11-13)24-18-17(14)30-20(25-18)26-6-1-2-7-26/h3-5,10-11,16,28H,1-2,6-9,12H2. The number of aliphatic hydroxyl groups is 1. The Morgan fingerprint density at radius 3 is 2.77 bits per heavy atom. The van der Waals surface area contributed by atoms with Gasteiger partial charge >= 0.3 is 0 Å². The molecule has 4 rings (SSSR count). The number of alkyl halides is 2. The van der Waals surface area contributed by atoms with Gasteiger partial charge in [-0.05, 0) is 31.0 Å². The third-order valence-corrected chi connectivity index (χ3v) is 6.07. The third-order valence-electron chi connectivity index (χ3n) is 4.93. The molecule has 3 aromatic rings. The van der Waals surface area contributed by atoms with E-state index in [2.05, 4.69) is 19.9 Å². The Kier molecular flexibility index (Phi) is 6.14. The first-order chi connectivity index (χ1) is 14.6. The summed E-state index contributed by atoms with van der Waals surface area (Å²) in [5.74, 6) is -0.571. The van der Waals surface area contributed by atoms with Crippen molar-refractivity contribution in [1.29, 1.82) is 0 Å². The van der Waals surface area contributed by atoms with E-state index in [0.717, 1.165) is 36.0 Å². The van der Waals surface area contributed by atoms with Gasteiger partial charge in [-0.3, -0.25) is 9.78 Å². The van der Waals surface area contributed by atoms with Crippen molar-refractivity contribution >= 4 is 32.7 Å². The van der Waals surface area contributed by atoms with Crippen LogP contribution in [-0.4, -0.2) is 70.1 Å². The quantitative estimate of drug-likeness (QED) is 0.617. The summed E-state index contributed by atoms with van der Waals surface area (Å²) in [6.07, 6.45) is 2.72. The minimum Gasteiger partial charge on any atom is -0.395 e. The molecule has 1 saturated heterocycles. The van der Waals surface area contributed by atoms with Crippen LogP contribution in [0, 0.1) is 0 Å². The lowest BCUT2D eigenvalue weighted by Crippen LogP contribution is -2.37. The summed E-state index contributed by atoms with van der Waals surface area (Å²) >= 11 is 1.35. The van der Waals surface area contributed by atoms with Gasteiger partial charge in [0.05, 0.1) is 29.1 Å². The summed E-state index contributed by atoms with van der Waals surface area (Å²) < 4.78 is 26.6. The molecule has 0 spiro atoms. The molecule has 1 aliphatic heterocycles. The zero-order chi connectivity index (χ0) is 21.1. The van der Waals surface area contributed by atoms with Gasteiger partial charge in [-0.25, -0.2) is 13.8 Å². The maximum Gasteiger partial charge on any atom is 0.255 e. The number of carbonyl (C=O) groups is 1. The molecule has 7 nitrogen and oxygen atoms in total. The fourth-order valence-electron chi connectivity index (χ4n) is 3.50. The molecule has 158 valence electrons. The first-order valence-corrected chi connectivity index (χ1v) is 10.5. The summed E-state index contributed by atoms with van der Waals surface area (Å²) in [7, 11) is 0. The Bertz CT molecular complexity index is 1020. The van der Waals surface area contributed by atoms with Crippen molar-refractivity contribution in [2.24, 2.45) is 0 Å². The van der Waals surface area contributed by atoms with Crippen molar-refractivity contribution in [3.05, 3.63) is 36.2 Å². The second kappa shape index (κ2) is 8.97. The number of fused-ring (bicyclic) bond motifs is 1. The number of halogens is 2. The van der Waals surface area contributed by atoms with Gasteiger partial charge in [-0.1, -0.05) is 11.3 Å². The molecule has 0 unspecified atom stereocenters. The lowest BCUT2D eigenvalue weighted by Gasteiger charge is -2.21. The van der Waals surface area contributed by atoms with Crippen LogP contribution in [0.4, 0.5) is 13.9 Å². The smallest absolute Gasteiger partial charge is 0.255 e. The number of aromatic nitrogens is 3. The predicted octanol–water partition coefficient (Wildman–Crippen LogP) is 3.05. The van der Waals surface area contributed by atoms with Crippen LogP contribution in [0.25, 0.3) is 21.6 Å². The SMILES string of the molecule is O=C(c1cc(-c2cccnc2)nc2nc(N3CCCC3)sc12)N(CCO)CC(F)F. The number of nitrogens with zero attached hydrogens (tertiary/aromatic N) is 5. The average Bonchev–Trinajstić information content (AvgIpc) is 3.42. The molecule has 1 aliphatic rings. The largest absolute Gasteiger partial charge is 0.395 e. The van der Waals surface area contributed by atoms with E-state index in [1.807, 2.05) is 6.07 Å². The van der Waals surface area contributed by atoms with Crippen LogP contribution >= 0.6 is 11.3 Å². The molecule has 0 aliphatic carbocycles. The van der Waals surface area contributed by atoms with E-state index in [4.69, 9.17) is 0 Å². The van der Waals surface area contributed by atoms with Crippen molar-refractivity contribution in [2.45, 2.75) is 19.3 Å². The van der Waals surface area contributed by atoms with E-state index in [-0.39, 0.29) is 12.1 Å². The lowest BCUT2D eigenvalue weighted by molar-refractivity contribution is 0.0511. The molecule has 0 aromatic carbocycles. The highest BCUT2D eigenvalue weighted by atomic mass is 32.1. The van der Waals surface area contributed by atoms with Gasteiger partial charge < -0.3 is 14.9 Å². The zero-order valence-corrected chi connectivity index (χ0v) is 17.0. The van der Waals surface area contributed by atoms with Crippen LogP contribution in [0.3, 0.4) is 0 Å². The monoisotopic (exact) mass is 433 g/mol. The highest BCUT2D eigenvalue weighted by molar-refractivity contribution is 7.22. The molecular weight excluding hydrogens is 412 g/mol. The van der Waals surface area contributed by atoms with E-state index in [9.17, 15) is 18.7 Å². The van der Waals surface area contributed by atoms with Crippen molar-refractivity contribution in [3.63, 3.8) is 0 Å². The number of pyridine rings is 2. The summed E-state index contributed by atoms with van der Waals surface area (Å²) in [6, 6.07) is 5.17. The maximum absolute atomic E-state index is 13.2. The van der Waals surface area contributed by atoms with Crippen LogP contribution in [0.2, 0.25) is 0 Å². The van der Waals surface area contributed by atoms with Crippen LogP contribution < -0.4 is 4.90 Å². The Balaban J connectivity index is 1.83. The number of anilines is 1. The van der Waals surface area contributed by atoms with Crippen molar-refractivity contribution in [1.82, 2.24) is 19.9 Å². The van der Waals surface area contributed by atoms with Gasteiger partial charge in [-0.15, -0.1) is 0 Å². The molecule has 0 bridgehead atoms. The molecule has 10 heteroatoms. The van der Waals surface area contributed by atoms with Gasteiger partial charge in [0, 0.05) is 37.6 Å². The predicted molar refractivity (Wildman–Crippen MR) is 111 cm³/mol. The number of aliphatic hydroxyl groups excluding tert-OH is 1. The highest BCUT2D eigenvalue weighted by Gasteiger charge is 2.26. The minimum atomic E-state index is -2.70. The van der Waals surface area contributed by atoms with E-state index in [1.165, 1.54) is 11.3 Å². The molecule has 1 N–H and O–H groups in total. The summed E-state index contributed by atoms with van der Waals surface area (Å²) in [5.41, 5.74) is 1.87. The number of hydrogen-bond donors (Lipinski definition) is 1. The summed E-state index contributed by atoms with van der Waals surface area (Å²) in [4.78, 5) is 29.7. The molecule has 0 saturated carbocycles. The first-order valence-electron chi connectivity index (χ1n) is 9.72. The van der Waals surface area contributed by atoms with E-state index >= 15 is 0 Å². The Labute approximate surface area is 176 Å². The number of amides is 1. The maximum atomic E-state index is 13.2. The zero-order valence-electron chi connectivity index (χ0n) is 16.2. The minimum absolute atomic E-state index is 0.174. The fourth-order valence-corrected chi connectivity index (χ4v) is 4.56.